The van der Waals surface area contributed by atoms with Gasteiger partial charge in [-0.2, -0.15) is 9.97 Å². The van der Waals surface area contributed by atoms with Crippen LogP contribution >= 0.6 is 0 Å². The summed E-state index contributed by atoms with van der Waals surface area (Å²) >= 11 is 0. The average molecular weight is 812 g/mol. The predicted molar refractivity (Wildman–Crippen MR) is 261 cm³/mol. The first kappa shape index (κ1) is 37.2. The second kappa shape index (κ2) is 13.9. The van der Waals surface area contributed by atoms with E-state index in [-0.39, 0.29) is 10.8 Å². The Morgan fingerprint density at radius 2 is 0.810 bits per heavy atom. The molecular formula is C58H45N5. The first-order chi connectivity index (χ1) is 30.7. The van der Waals surface area contributed by atoms with Gasteiger partial charge < -0.3 is 4.57 Å². The number of nitrogens with zero attached hydrogens (tertiary/aromatic N) is 5. The van der Waals surface area contributed by atoms with E-state index < -0.39 is 0 Å². The van der Waals surface area contributed by atoms with Gasteiger partial charge in [-0.1, -0.05) is 179 Å². The summed E-state index contributed by atoms with van der Waals surface area (Å²) in [4.78, 5) is 15.6. The van der Waals surface area contributed by atoms with Crippen LogP contribution in [0.1, 0.15) is 45.2 Å². The molecule has 63 heavy (non-hydrogen) atoms. The topological polar surface area (TPSA) is 48.5 Å². The van der Waals surface area contributed by atoms with Crippen LogP contribution < -0.4 is 0 Å². The number of hydrogen-bond donors (Lipinski definition) is 0. The van der Waals surface area contributed by atoms with Gasteiger partial charge in [0.25, 0.3) is 0 Å². The summed E-state index contributed by atoms with van der Waals surface area (Å²) in [5.74, 6) is 1.82. The molecule has 8 aromatic carbocycles. The van der Waals surface area contributed by atoms with E-state index in [0.29, 0.717) is 17.6 Å². The highest BCUT2D eigenvalue weighted by Gasteiger charge is 2.41. The van der Waals surface area contributed by atoms with Crippen molar-refractivity contribution in [1.82, 2.24) is 24.1 Å². The van der Waals surface area contributed by atoms with Crippen LogP contribution in [0.4, 0.5) is 0 Å². The molecule has 302 valence electrons. The van der Waals surface area contributed by atoms with Crippen molar-refractivity contribution in [2.75, 3.05) is 0 Å². The lowest BCUT2D eigenvalue weighted by molar-refractivity contribution is 0.403. The van der Waals surface area contributed by atoms with Crippen LogP contribution in [0.15, 0.2) is 188 Å². The van der Waals surface area contributed by atoms with E-state index in [0.717, 1.165) is 61.6 Å². The van der Waals surface area contributed by atoms with Gasteiger partial charge in [-0.3, -0.25) is 4.57 Å². The Hall–Kier alpha value is -7.63. The third-order valence-electron chi connectivity index (χ3n) is 13.4. The van der Waals surface area contributed by atoms with Gasteiger partial charge in [-0.15, -0.1) is 0 Å². The van der Waals surface area contributed by atoms with Crippen molar-refractivity contribution in [3.63, 3.8) is 0 Å². The van der Waals surface area contributed by atoms with Gasteiger partial charge in [0.15, 0.2) is 11.6 Å². The molecule has 0 amide bonds. The number of para-hydroxylation sites is 2. The molecule has 0 saturated carbocycles. The summed E-state index contributed by atoms with van der Waals surface area (Å²) in [5, 5.41) is 4.71. The third-order valence-corrected chi connectivity index (χ3v) is 13.4. The van der Waals surface area contributed by atoms with Crippen LogP contribution in [0.25, 0.3) is 100 Å². The van der Waals surface area contributed by atoms with Crippen LogP contribution in [-0.4, -0.2) is 24.1 Å². The average Bonchev–Trinajstić information content (AvgIpc) is 3.89. The summed E-state index contributed by atoms with van der Waals surface area (Å²) in [6.07, 6.45) is 1.16. The number of rotatable bonds is 6. The summed E-state index contributed by atoms with van der Waals surface area (Å²) in [6.45, 7) is 9.53. The molecule has 0 N–H and O–H groups in total. The maximum atomic E-state index is 5.29. The molecule has 0 fully saturated rings. The Morgan fingerprint density at radius 1 is 0.349 bits per heavy atom. The van der Waals surface area contributed by atoms with Crippen LogP contribution in [0, 0.1) is 0 Å². The van der Waals surface area contributed by atoms with Crippen molar-refractivity contribution in [2.45, 2.75) is 44.9 Å². The van der Waals surface area contributed by atoms with Gasteiger partial charge in [-0.25, -0.2) is 4.98 Å². The molecule has 0 aliphatic heterocycles. The summed E-state index contributed by atoms with van der Waals surface area (Å²) < 4.78 is 4.63. The number of benzene rings is 8. The van der Waals surface area contributed by atoms with Gasteiger partial charge in [-0.05, 0) is 87.0 Å². The Labute approximate surface area is 367 Å². The van der Waals surface area contributed by atoms with E-state index in [4.69, 9.17) is 15.0 Å². The highest BCUT2D eigenvalue weighted by atomic mass is 15.2. The van der Waals surface area contributed by atoms with Crippen LogP contribution in [0.3, 0.4) is 0 Å². The minimum absolute atomic E-state index is 0.145. The minimum atomic E-state index is 0.145. The highest BCUT2D eigenvalue weighted by Crippen LogP contribution is 2.50. The van der Waals surface area contributed by atoms with E-state index in [2.05, 4.69) is 201 Å². The van der Waals surface area contributed by atoms with Crippen molar-refractivity contribution in [1.29, 1.82) is 0 Å². The molecule has 0 spiro atoms. The number of hydrogen-bond acceptors (Lipinski definition) is 3. The molecule has 5 nitrogen and oxygen atoms in total. The zero-order valence-electron chi connectivity index (χ0n) is 35.8. The summed E-state index contributed by atoms with van der Waals surface area (Å²) in [7, 11) is 0. The quantitative estimate of drug-likeness (QED) is 0.168. The Balaban J connectivity index is 1.04. The van der Waals surface area contributed by atoms with Crippen molar-refractivity contribution in [2.24, 2.45) is 0 Å². The van der Waals surface area contributed by atoms with Crippen LogP contribution in [0.2, 0.25) is 0 Å². The van der Waals surface area contributed by atoms with Gasteiger partial charge in [0.05, 0.1) is 22.1 Å². The molecule has 0 atom stereocenters. The fraction of sp³-hybridized carbons (Fsp3) is 0.121. The van der Waals surface area contributed by atoms with E-state index in [1.165, 1.54) is 38.6 Å². The van der Waals surface area contributed by atoms with Crippen molar-refractivity contribution in [3.05, 3.63) is 199 Å². The zero-order chi connectivity index (χ0) is 42.5. The van der Waals surface area contributed by atoms with E-state index in [1.54, 1.807) is 0 Å². The monoisotopic (exact) mass is 811 g/mol. The summed E-state index contributed by atoms with van der Waals surface area (Å²) in [5.41, 5.74) is 15.4. The Morgan fingerprint density at radius 3 is 1.46 bits per heavy atom. The minimum Gasteiger partial charge on any atom is -0.309 e. The maximum absolute atomic E-state index is 5.29. The molecule has 12 rings (SSSR count). The lowest BCUT2D eigenvalue weighted by atomic mass is 9.82. The normalized spacial score (nSPS) is 14.2. The van der Waals surface area contributed by atoms with Crippen molar-refractivity contribution < 1.29 is 0 Å². The first-order valence-electron chi connectivity index (χ1n) is 21.9. The molecule has 3 aromatic heterocycles. The molecule has 0 bridgehead atoms. The molecule has 11 aromatic rings. The smallest absolute Gasteiger partial charge is 0.238 e. The third kappa shape index (κ3) is 6.02. The fourth-order valence-electron chi connectivity index (χ4n) is 10.6. The van der Waals surface area contributed by atoms with E-state index in [9.17, 15) is 0 Å². The van der Waals surface area contributed by atoms with Crippen LogP contribution in [0.5, 0.6) is 0 Å². The van der Waals surface area contributed by atoms with E-state index in [1.807, 2.05) is 24.3 Å². The molecular weight excluding hydrogens is 767 g/mol. The van der Waals surface area contributed by atoms with Gasteiger partial charge in [0.2, 0.25) is 5.95 Å². The molecule has 1 aliphatic carbocycles. The fourth-order valence-corrected chi connectivity index (χ4v) is 10.6. The molecule has 0 radical (unpaired) electrons. The zero-order valence-corrected chi connectivity index (χ0v) is 35.8. The maximum Gasteiger partial charge on any atom is 0.238 e. The molecule has 0 unspecified atom stereocenters. The summed E-state index contributed by atoms with van der Waals surface area (Å²) in [6, 6.07) is 67.4. The second-order valence-electron chi connectivity index (χ2n) is 18.4. The SMILES string of the molecule is CC1(C)CC(C)(C)c2cc(-c3ccc(-n4c5ccccc5c5cc6c7ccccc7n(-c7nc(-c8ccccc8)nc(-c8ccc(-c9ccccc9)cc8)n7)c6cc54)cc3)ccc21. The Bertz CT molecular complexity index is 3560. The standard InChI is InChI=1S/C58H45N5/c1-57(2)36-58(3,4)49-33-42(29-32-48(49)57)39-27-30-43(31-28-39)62-50-21-13-11-19-44(50)46-34-47-45-20-12-14-22-51(45)63(53(47)35-52(46)62)56-60-54(40-17-9-6-10-18-40)59-55(61-56)41-25-23-38(24-26-41)37-15-7-5-8-16-37/h5-35H,36H2,1-4H3. The Kier molecular flexibility index (Phi) is 8.23. The lowest BCUT2D eigenvalue weighted by Gasteiger charge is -2.22. The highest BCUT2D eigenvalue weighted by molar-refractivity contribution is 6.19. The largest absolute Gasteiger partial charge is 0.309 e. The van der Waals surface area contributed by atoms with Gasteiger partial charge in [0, 0.05) is 38.4 Å². The number of aromatic nitrogens is 5. The predicted octanol–water partition coefficient (Wildman–Crippen LogP) is 14.7. The van der Waals surface area contributed by atoms with Gasteiger partial charge in [0.1, 0.15) is 0 Å². The van der Waals surface area contributed by atoms with Crippen LogP contribution in [-0.2, 0) is 10.8 Å². The van der Waals surface area contributed by atoms with Crippen molar-refractivity contribution >= 4 is 43.6 Å². The molecule has 1 aliphatic rings. The number of fused-ring (bicyclic) bond motifs is 7. The van der Waals surface area contributed by atoms with Crippen molar-refractivity contribution in [3.8, 4) is 56.7 Å². The second-order valence-corrected chi connectivity index (χ2v) is 18.4. The van der Waals surface area contributed by atoms with E-state index >= 15 is 0 Å². The molecule has 5 heteroatoms. The molecule has 3 heterocycles. The van der Waals surface area contributed by atoms with Gasteiger partial charge >= 0.3 is 0 Å². The first-order valence-corrected chi connectivity index (χ1v) is 21.9. The molecule has 0 saturated heterocycles. The lowest BCUT2D eigenvalue weighted by Crippen LogP contribution is -2.17.